The van der Waals surface area contributed by atoms with Crippen LogP contribution >= 0.6 is 48.0 Å². The van der Waals surface area contributed by atoms with Crippen molar-refractivity contribution in [3.8, 4) is 0 Å². The summed E-state index contributed by atoms with van der Waals surface area (Å²) in [6, 6.07) is 5.64. The Bertz CT molecular complexity index is 858. The predicted molar refractivity (Wildman–Crippen MR) is 104 cm³/mol. The van der Waals surface area contributed by atoms with Crippen LogP contribution in [0.3, 0.4) is 0 Å². The van der Waals surface area contributed by atoms with E-state index < -0.39 is 15.6 Å². The third kappa shape index (κ3) is 3.22. The van der Waals surface area contributed by atoms with Gasteiger partial charge in [0.05, 0.1) is 10.7 Å². The molecular formula is C13H9N5O4S4. The molecule has 2 saturated heterocycles. The summed E-state index contributed by atoms with van der Waals surface area (Å²) < 4.78 is -0.692. The van der Waals surface area contributed by atoms with Crippen molar-refractivity contribution in [2.24, 2.45) is 10.4 Å². The molecule has 2 amide bonds. The zero-order valence-corrected chi connectivity index (χ0v) is 16.3. The lowest BCUT2D eigenvalue weighted by Gasteiger charge is -2.19. The van der Waals surface area contributed by atoms with Crippen LogP contribution in [-0.2, 0) is 14.3 Å². The van der Waals surface area contributed by atoms with Crippen molar-refractivity contribution >= 4 is 74.1 Å². The number of carbonyl (C=O) groups is 2. The van der Waals surface area contributed by atoms with Gasteiger partial charge in [-0.05, 0) is 22.9 Å². The van der Waals surface area contributed by atoms with Gasteiger partial charge in [0, 0.05) is 12.1 Å². The minimum atomic E-state index is -1.10. The standard InChI is InChI=1S/C13H9N5O4S4/c1-13(7-2-4-8(5-3-7)18(21)22)10(20)17(12(24)26-13)15-14-16-9(19)6-25-11(16)23/h2-5H,6H2,1H3. The Morgan fingerprint density at radius 3 is 2.31 bits per heavy atom. The SMILES string of the molecule is CC1(c2ccc([N+](=O)[O-])cc2)SC(=S)N(N=NN2C(=O)CSC2=S)C1=O. The van der Waals surface area contributed by atoms with Gasteiger partial charge in [0.1, 0.15) is 4.75 Å². The first-order valence-electron chi connectivity index (χ1n) is 6.98. The smallest absolute Gasteiger partial charge is 0.271 e. The molecule has 0 saturated carbocycles. The van der Waals surface area contributed by atoms with Crippen LogP contribution in [-0.4, -0.2) is 41.1 Å². The number of thiocarbonyl (C=S) groups is 2. The van der Waals surface area contributed by atoms with Crippen molar-refractivity contribution in [1.82, 2.24) is 10.0 Å². The molecule has 1 unspecified atom stereocenters. The quantitative estimate of drug-likeness (QED) is 0.312. The van der Waals surface area contributed by atoms with E-state index in [1.54, 1.807) is 6.92 Å². The fraction of sp³-hybridized carbons (Fsp3) is 0.231. The molecule has 0 N–H and O–H groups in total. The molecular weight excluding hydrogens is 418 g/mol. The van der Waals surface area contributed by atoms with Crippen molar-refractivity contribution in [2.75, 3.05) is 5.75 Å². The average molecular weight is 428 g/mol. The topological polar surface area (TPSA) is 108 Å². The van der Waals surface area contributed by atoms with E-state index in [2.05, 4.69) is 10.4 Å². The van der Waals surface area contributed by atoms with Crippen LogP contribution in [0.2, 0.25) is 0 Å². The first-order chi connectivity index (χ1) is 12.2. The maximum Gasteiger partial charge on any atom is 0.271 e. The summed E-state index contributed by atoms with van der Waals surface area (Å²) in [6.45, 7) is 1.64. The van der Waals surface area contributed by atoms with Crippen LogP contribution < -0.4 is 0 Å². The molecule has 2 aliphatic heterocycles. The molecule has 0 aliphatic carbocycles. The number of thioether (sulfide) groups is 2. The third-order valence-corrected chi connectivity index (χ3v) is 6.57. The lowest BCUT2D eigenvalue weighted by molar-refractivity contribution is -0.384. The summed E-state index contributed by atoms with van der Waals surface area (Å²) in [6.07, 6.45) is 0. The average Bonchev–Trinajstić information content (AvgIpc) is 3.03. The van der Waals surface area contributed by atoms with E-state index in [9.17, 15) is 19.7 Å². The second kappa shape index (κ2) is 6.98. The molecule has 2 fully saturated rings. The van der Waals surface area contributed by atoms with Gasteiger partial charge in [0.15, 0.2) is 8.64 Å². The normalized spacial score (nSPS) is 23.6. The van der Waals surface area contributed by atoms with E-state index in [1.807, 2.05) is 0 Å². The van der Waals surface area contributed by atoms with Gasteiger partial charge in [-0.25, -0.2) is 0 Å². The Balaban J connectivity index is 1.84. The van der Waals surface area contributed by atoms with Gasteiger partial charge in [0.2, 0.25) is 0 Å². The summed E-state index contributed by atoms with van der Waals surface area (Å²) >= 11 is 12.4. The minimum absolute atomic E-state index is 0.0783. The Kier molecular flexibility index (Phi) is 5.05. The highest BCUT2D eigenvalue weighted by Gasteiger charge is 2.49. The number of amides is 2. The van der Waals surface area contributed by atoms with E-state index in [0.29, 0.717) is 5.56 Å². The van der Waals surface area contributed by atoms with Crippen LogP contribution in [0.15, 0.2) is 34.7 Å². The van der Waals surface area contributed by atoms with E-state index in [-0.39, 0.29) is 26.0 Å². The maximum absolute atomic E-state index is 12.8. The molecule has 1 aromatic rings. The van der Waals surface area contributed by atoms with Gasteiger partial charge in [0.25, 0.3) is 17.5 Å². The van der Waals surface area contributed by atoms with Crippen molar-refractivity contribution in [1.29, 1.82) is 0 Å². The van der Waals surface area contributed by atoms with Crippen molar-refractivity contribution in [3.05, 3.63) is 39.9 Å². The number of rotatable bonds is 4. The highest BCUT2D eigenvalue weighted by molar-refractivity contribution is 8.24. The summed E-state index contributed by atoms with van der Waals surface area (Å²) in [5.74, 6) is -0.617. The van der Waals surface area contributed by atoms with Gasteiger partial charge >= 0.3 is 0 Å². The lowest BCUT2D eigenvalue weighted by atomic mass is 9.99. The zero-order chi connectivity index (χ0) is 19.1. The molecule has 26 heavy (non-hydrogen) atoms. The number of carbonyl (C=O) groups excluding carboxylic acids is 2. The van der Waals surface area contributed by atoms with E-state index >= 15 is 0 Å². The number of non-ortho nitro benzene ring substituents is 1. The first-order valence-corrected chi connectivity index (χ1v) is 9.59. The molecule has 0 spiro atoms. The maximum atomic E-state index is 12.8. The Morgan fingerprint density at radius 2 is 1.77 bits per heavy atom. The Hall–Kier alpha value is -1.96. The highest BCUT2D eigenvalue weighted by Crippen LogP contribution is 2.46. The largest absolute Gasteiger partial charge is 0.271 e. The monoisotopic (exact) mass is 427 g/mol. The zero-order valence-electron chi connectivity index (χ0n) is 13.0. The Labute approximate surface area is 166 Å². The second-order valence-electron chi connectivity index (χ2n) is 5.26. The van der Waals surface area contributed by atoms with Gasteiger partial charge in [-0.3, -0.25) is 19.7 Å². The number of benzene rings is 1. The molecule has 9 nitrogen and oxygen atoms in total. The molecule has 134 valence electrons. The number of nitro groups is 1. The number of hydrogen-bond donors (Lipinski definition) is 0. The highest BCUT2D eigenvalue weighted by atomic mass is 32.2. The first kappa shape index (κ1) is 18.8. The predicted octanol–water partition coefficient (Wildman–Crippen LogP) is 2.81. The summed E-state index contributed by atoms with van der Waals surface area (Å²) in [7, 11) is 0. The van der Waals surface area contributed by atoms with Gasteiger partial charge in [-0.15, -0.1) is 0 Å². The van der Waals surface area contributed by atoms with Crippen LogP contribution in [0, 0.1) is 10.1 Å². The molecule has 0 radical (unpaired) electrons. The van der Waals surface area contributed by atoms with E-state index in [0.717, 1.165) is 33.5 Å². The molecule has 2 aliphatic rings. The van der Waals surface area contributed by atoms with Crippen LogP contribution in [0.4, 0.5) is 5.69 Å². The lowest BCUT2D eigenvalue weighted by Crippen LogP contribution is -2.33. The van der Waals surface area contributed by atoms with E-state index in [1.165, 1.54) is 24.3 Å². The number of nitrogens with zero attached hydrogens (tertiary/aromatic N) is 5. The van der Waals surface area contributed by atoms with Crippen LogP contribution in [0.1, 0.15) is 12.5 Å². The second-order valence-corrected chi connectivity index (χ2v) is 8.92. The van der Waals surface area contributed by atoms with E-state index in [4.69, 9.17) is 24.4 Å². The van der Waals surface area contributed by atoms with Crippen molar-refractivity contribution in [3.63, 3.8) is 0 Å². The van der Waals surface area contributed by atoms with Gasteiger partial charge in [-0.1, -0.05) is 60.1 Å². The van der Waals surface area contributed by atoms with Crippen LogP contribution in [0.25, 0.3) is 0 Å². The van der Waals surface area contributed by atoms with Gasteiger partial charge in [-0.2, -0.15) is 10.0 Å². The molecule has 13 heteroatoms. The third-order valence-electron chi connectivity index (χ3n) is 3.64. The molecule has 0 bridgehead atoms. The number of nitro benzene ring substituents is 1. The fourth-order valence-corrected chi connectivity index (χ4v) is 4.77. The molecule has 0 aromatic heterocycles. The Morgan fingerprint density at radius 1 is 1.15 bits per heavy atom. The summed E-state index contributed by atoms with van der Waals surface area (Å²) in [4.78, 5) is 34.7. The van der Waals surface area contributed by atoms with Crippen molar-refractivity contribution in [2.45, 2.75) is 11.7 Å². The summed E-state index contributed by atoms with van der Waals surface area (Å²) in [5, 5.41) is 20.2. The molecule has 1 atom stereocenters. The molecule has 2 heterocycles. The van der Waals surface area contributed by atoms with Gasteiger partial charge < -0.3 is 0 Å². The molecule has 1 aromatic carbocycles. The van der Waals surface area contributed by atoms with Crippen molar-refractivity contribution < 1.29 is 14.5 Å². The minimum Gasteiger partial charge on any atom is -0.271 e. The fourth-order valence-electron chi connectivity index (χ4n) is 2.22. The number of hydrogen-bond acceptors (Lipinski definition) is 10. The van der Waals surface area contributed by atoms with Crippen LogP contribution in [0.5, 0.6) is 0 Å². The molecule has 3 rings (SSSR count). The summed E-state index contributed by atoms with van der Waals surface area (Å²) in [5.41, 5.74) is 0.465.